The van der Waals surface area contributed by atoms with Gasteiger partial charge in [0.1, 0.15) is 0 Å². The summed E-state index contributed by atoms with van der Waals surface area (Å²) in [5.41, 5.74) is 0. The molecule has 2 heteroatoms. The molecule has 0 aliphatic rings. The van der Waals surface area contributed by atoms with Crippen molar-refractivity contribution in [3.8, 4) is 23.7 Å². The molecule has 64 valence electrons. The maximum absolute atomic E-state index is 8.38. The molecule has 0 aliphatic heterocycles. The van der Waals surface area contributed by atoms with Crippen molar-refractivity contribution >= 4 is 11.3 Å². The lowest BCUT2D eigenvalue weighted by atomic mass is 10.4. The topological polar surface area (TPSA) is 20.2 Å². The molecule has 1 N–H and O–H groups in total. The highest BCUT2D eigenvalue weighted by Gasteiger charge is 1.81. The molecule has 0 unspecified atom stereocenters. The molecule has 13 heavy (non-hydrogen) atoms. The number of aliphatic hydroxyl groups is 1. The Morgan fingerprint density at radius 3 is 3.08 bits per heavy atom. The van der Waals surface area contributed by atoms with E-state index in [2.05, 4.69) is 23.7 Å². The summed E-state index contributed by atoms with van der Waals surface area (Å²) in [5.74, 6) is 11.0. The van der Waals surface area contributed by atoms with Crippen LogP contribution in [0.3, 0.4) is 0 Å². The minimum atomic E-state index is 0.0209. The van der Waals surface area contributed by atoms with Crippen LogP contribution in [0.5, 0.6) is 0 Å². The van der Waals surface area contributed by atoms with E-state index in [1.165, 1.54) is 0 Å². The standard InChI is InChI=1S/C11H8OS/c12-9-5-3-1-2-4-7-11-8-6-10-13-11/h3,5-6,8,10,12H,9H2/b5-3+. The summed E-state index contributed by atoms with van der Waals surface area (Å²) in [7, 11) is 0. The Labute approximate surface area is 81.7 Å². The van der Waals surface area contributed by atoms with Crippen LogP contribution in [0, 0.1) is 23.7 Å². The molecule has 0 amide bonds. The summed E-state index contributed by atoms with van der Waals surface area (Å²) in [6.07, 6.45) is 3.16. The van der Waals surface area contributed by atoms with E-state index in [1.54, 1.807) is 23.5 Å². The first kappa shape index (κ1) is 9.61. The van der Waals surface area contributed by atoms with Gasteiger partial charge in [-0.2, -0.15) is 0 Å². The quantitative estimate of drug-likeness (QED) is 0.664. The van der Waals surface area contributed by atoms with Crippen LogP contribution in [0.25, 0.3) is 0 Å². The van der Waals surface area contributed by atoms with E-state index >= 15 is 0 Å². The molecule has 0 spiro atoms. The Hall–Kier alpha value is -1.48. The van der Waals surface area contributed by atoms with Gasteiger partial charge in [-0.05, 0) is 35.3 Å². The molecule has 1 rings (SSSR count). The van der Waals surface area contributed by atoms with Gasteiger partial charge in [-0.1, -0.05) is 18.1 Å². The first-order chi connectivity index (χ1) is 6.43. The molecule has 0 atom stereocenters. The van der Waals surface area contributed by atoms with Crippen LogP contribution in [-0.2, 0) is 0 Å². The fraction of sp³-hybridized carbons (Fsp3) is 0.0909. The zero-order chi connectivity index (χ0) is 9.36. The maximum Gasteiger partial charge on any atom is 0.0778 e. The molecule has 1 aromatic heterocycles. The van der Waals surface area contributed by atoms with E-state index < -0.39 is 0 Å². The summed E-state index contributed by atoms with van der Waals surface area (Å²) in [6.45, 7) is 0.0209. The Kier molecular flexibility index (Phi) is 4.49. The lowest BCUT2D eigenvalue weighted by Gasteiger charge is -1.71. The fourth-order valence-corrected chi connectivity index (χ4v) is 1.20. The van der Waals surface area contributed by atoms with Gasteiger partial charge in [-0.15, -0.1) is 11.3 Å². The molecule has 0 aliphatic carbocycles. The number of allylic oxidation sites excluding steroid dienone is 1. The van der Waals surface area contributed by atoms with Crippen molar-refractivity contribution < 1.29 is 5.11 Å². The molecule has 0 bridgehead atoms. The Morgan fingerprint density at radius 2 is 2.38 bits per heavy atom. The first-order valence-electron chi connectivity index (χ1n) is 3.74. The van der Waals surface area contributed by atoms with Gasteiger partial charge >= 0.3 is 0 Å². The first-order valence-corrected chi connectivity index (χ1v) is 4.62. The van der Waals surface area contributed by atoms with Gasteiger partial charge in [-0.3, -0.25) is 0 Å². The van der Waals surface area contributed by atoms with Crippen molar-refractivity contribution in [3.63, 3.8) is 0 Å². The lowest BCUT2D eigenvalue weighted by Crippen LogP contribution is -1.67. The van der Waals surface area contributed by atoms with Crippen molar-refractivity contribution in [1.29, 1.82) is 0 Å². The van der Waals surface area contributed by atoms with Crippen LogP contribution in [-0.4, -0.2) is 11.7 Å². The number of rotatable bonds is 1. The number of thiophene rings is 1. The number of hydrogen-bond donors (Lipinski definition) is 1. The van der Waals surface area contributed by atoms with E-state index in [0.717, 1.165) is 4.88 Å². The van der Waals surface area contributed by atoms with Gasteiger partial charge in [-0.25, -0.2) is 0 Å². The van der Waals surface area contributed by atoms with Crippen LogP contribution in [0.15, 0.2) is 29.7 Å². The third-order valence-electron chi connectivity index (χ3n) is 1.15. The molecule has 1 nitrogen and oxygen atoms in total. The lowest BCUT2D eigenvalue weighted by molar-refractivity contribution is 0.343. The predicted molar refractivity (Wildman–Crippen MR) is 55.2 cm³/mol. The van der Waals surface area contributed by atoms with Crippen molar-refractivity contribution in [3.05, 3.63) is 34.5 Å². The van der Waals surface area contributed by atoms with Gasteiger partial charge in [0.2, 0.25) is 0 Å². The largest absolute Gasteiger partial charge is 0.392 e. The maximum atomic E-state index is 8.38. The third-order valence-corrected chi connectivity index (χ3v) is 1.93. The van der Waals surface area contributed by atoms with Gasteiger partial charge in [0.25, 0.3) is 0 Å². The predicted octanol–water partition coefficient (Wildman–Crippen LogP) is 1.65. The van der Waals surface area contributed by atoms with Gasteiger partial charge in [0, 0.05) is 0 Å². The van der Waals surface area contributed by atoms with Gasteiger partial charge in [0.05, 0.1) is 11.5 Å². The molecule has 1 heterocycles. The second-order valence-corrected chi connectivity index (χ2v) is 3.03. The average Bonchev–Trinajstić information content (AvgIpc) is 2.63. The normalized spacial score (nSPS) is 8.69. The fourth-order valence-electron chi connectivity index (χ4n) is 0.632. The summed E-state index contributed by atoms with van der Waals surface area (Å²) >= 11 is 1.59. The summed E-state index contributed by atoms with van der Waals surface area (Å²) in [6, 6.07) is 3.90. The Balaban J connectivity index is 2.48. The van der Waals surface area contributed by atoms with E-state index in [0.29, 0.717) is 0 Å². The summed E-state index contributed by atoms with van der Waals surface area (Å²) in [5, 5.41) is 10.4. The molecule has 0 saturated carbocycles. The summed E-state index contributed by atoms with van der Waals surface area (Å²) in [4.78, 5) is 1.01. The average molecular weight is 188 g/mol. The zero-order valence-electron chi connectivity index (χ0n) is 6.95. The third kappa shape index (κ3) is 4.18. The van der Waals surface area contributed by atoms with E-state index in [9.17, 15) is 0 Å². The molecule has 0 fully saturated rings. The van der Waals surface area contributed by atoms with Crippen molar-refractivity contribution in [1.82, 2.24) is 0 Å². The second kappa shape index (κ2) is 6.08. The van der Waals surface area contributed by atoms with Crippen LogP contribution < -0.4 is 0 Å². The number of aliphatic hydroxyl groups excluding tert-OH is 1. The smallest absolute Gasteiger partial charge is 0.0778 e. The minimum Gasteiger partial charge on any atom is -0.392 e. The minimum absolute atomic E-state index is 0.0209. The highest BCUT2D eigenvalue weighted by Crippen LogP contribution is 2.04. The van der Waals surface area contributed by atoms with Crippen molar-refractivity contribution in [2.24, 2.45) is 0 Å². The van der Waals surface area contributed by atoms with E-state index in [1.807, 2.05) is 17.5 Å². The van der Waals surface area contributed by atoms with Crippen LogP contribution >= 0.6 is 11.3 Å². The number of hydrogen-bond acceptors (Lipinski definition) is 2. The summed E-state index contributed by atoms with van der Waals surface area (Å²) < 4.78 is 0. The van der Waals surface area contributed by atoms with Gasteiger partial charge in [0.15, 0.2) is 0 Å². The SMILES string of the molecule is OC/C=C/C#CC#Cc1cccs1. The van der Waals surface area contributed by atoms with E-state index in [4.69, 9.17) is 5.11 Å². The molecular formula is C11H8OS. The second-order valence-electron chi connectivity index (χ2n) is 2.08. The van der Waals surface area contributed by atoms with Crippen LogP contribution in [0.1, 0.15) is 4.88 Å². The highest BCUT2D eigenvalue weighted by molar-refractivity contribution is 7.10. The Bertz CT molecular complexity index is 379. The monoisotopic (exact) mass is 188 g/mol. The van der Waals surface area contributed by atoms with Crippen molar-refractivity contribution in [2.45, 2.75) is 0 Å². The van der Waals surface area contributed by atoms with Gasteiger partial charge < -0.3 is 5.11 Å². The Morgan fingerprint density at radius 1 is 1.46 bits per heavy atom. The molecular weight excluding hydrogens is 180 g/mol. The van der Waals surface area contributed by atoms with E-state index in [-0.39, 0.29) is 6.61 Å². The van der Waals surface area contributed by atoms with Crippen LogP contribution in [0.2, 0.25) is 0 Å². The van der Waals surface area contributed by atoms with Crippen LogP contribution in [0.4, 0.5) is 0 Å². The molecule has 0 saturated heterocycles. The molecule has 0 radical (unpaired) electrons. The van der Waals surface area contributed by atoms with Crippen molar-refractivity contribution in [2.75, 3.05) is 6.61 Å². The molecule has 0 aromatic carbocycles. The zero-order valence-corrected chi connectivity index (χ0v) is 7.77. The highest BCUT2D eigenvalue weighted by atomic mass is 32.1. The molecule has 1 aromatic rings.